The molecule has 2 aromatic rings. The summed E-state index contributed by atoms with van der Waals surface area (Å²) < 4.78 is 25.2. The summed E-state index contributed by atoms with van der Waals surface area (Å²) in [6.07, 6.45) is 0.942. The van der Waals surface area contributed by atoms with Crippen LogP contribution in [0.3, 0.4) is 0 Å². The molecule has 0 saturated carbocycles. The summed E-state index contributed by atoms with van der Waals surface area (Å²) in [6.45, 7) is 1.15. The predicted octanol–water partition coefficient (Wildman–Crippen LogP) is 2.64. The van der Waals surface area contributed by atoms with Crippen molar-refractivity contribution in [1.82, 2.24) is 5.32 Å². The van der Waals surface area contributed by atoms with Crippen LogP contribution in [0.1, 0.15) is 11.1 Å². The number of carbonyl (C=O) groups is 1. The molecule has 0 radical (unpaired) electrons. The monoisotopic (exact) mass is 411 g/mol. The lowest BCUT2D eigenvalue weighted by molar-refractivity contribution is -0.385. The van der Waals surface area contributed by atoms with E-state index in [-0.39, 0.29) is 23.5 Å². The molecule has 0 aliphatic rings. The molecule has 1 amide bonds. The summed E-state index contributed by atoms with van der Waals surface area (Å²) in [4.78, 5) is 22.8. The van der Waals surface area contributed by atoms with E-state index < -0.39 is 27.4 Å². The predicted molar refractivity (Wildman–Crippen MR) is 103 cm³/mol. The normalized spacial score (nSPS) is 11.1. The molecule has 2 rings (SSSR count). The van der Waals surface area contributed by atoms with Crippen molar-refractivity contribution in [3.05, 3.63) is 68.7 Å². The van der Waals surface area contributed by atoms with Crippen LogP contribution in [0.4, 0.5) is 11.4 Å². The second-order valence-electron chi connectivity index (χ2n) is 5.85. The maximum atomic E-state index is 12.3. The number of nitro groups is 1. The molecule has 0 fully saturated rings. The van der Waals surface area contributed by atoms with Crippen molar-refractivity contribution < 1.29 is 18.1 Å². The van der Waals surface area contributed by atoms with Crippen molar-refractivity contribution in [2.45, 2.75) is 13.5 Å². The second kappa shape index (κ2) is 8.36. The largest absolute Gasteiger partial charge is 0.350 e. The topological polar surface area (TPSA) is 110 Å². The molecule has 144 valence electrons. The van der Waals surface area contributed by atoms with Crippen molar-refractivity contribution in [2.24, 2.45) is 0 Å². The Morgan fingerprint density at radius 2 is 1.85 bits per heavy atom. The quantitative estimate of drug-likeness (QED) is 0.556. The number of hydrogen-bond donors (Lipinski definition) is 1. The van der Waals surface area contributed by atoms with Crippen LogP contribution in [0.15, 0.2) is 42.5 Å². The van der Waals surface area contributed by atoms with E-state index in [1.165, 1.54) is 25.1 Å². The molecule has 1 N–H and O–H groups in total. The Morgan fingerprint density at radius 1 is 1.22 bits per heavy atom. The van der Waals surface area contributed by atoms with E-state index in [0.29, 0.717) is 5.02 Å². The van der Waals surface area contributed by atoms with E-state index in [1.54, 1.807) is 24.3 Å². The number of anilines is 1. The Hall–Kier alpha value is -2.65. The van der Waals surface area contributed by atoms with Crippen molar-refractivity contribution in [3.63, 3.8) is 0 Å². The summed E-state index contributed by atoms with van der Waals surface area (Å²) in [5, 5.41) is 14.3. The molecular weight excluding hydrogens is 394 g/mol. The van der Waals surface area contributed by atoms with E-state index in [2.05, 4.69) is 5.32 Å². The van der Waals surface area contributed by atoms with Crippen molar-refractivity contribution in [2.75, 3.05) is 17.1 Å². The summed E-state index contributed by atoms with van der Waals surface area (Å²) in [6, 6.07) is 10.9. The number of halogens is 1. The Labute approximate surface area is 162 Å². The number of benzene rings is 2. The van der Waals surface area contributed by atoms with Crippen molar-refractivity contribution in [3.8, 4) is 0 Å². The zero-order chi connectivity index (χ0) is 20.2. The number of amides is 1. The minimum atomic E-state index is -3.83. The molecule has 0 aromatic heterocycles. The van der Waals surface area contributed by atoms with E-state index >= 15 is 0 Å². The molecule has 0 aliphatic carbocycles. The van der Waals surface area contributed by atoms with Gasteiger partial charge in [-0.05, 0) is 30.7 Å². The molecule has 2 aromatic carbocycles. The molecule has 0 unspecified atom stereocenters. The molecule has 0 bridgehead atoms. The number of nitrogens with one attached hydrogen (secondary N) is 1. The molecule has 8 nitrogen and oxygen atoms in total. The van der Waals surface area contributed by atoms with Gasteiger partial charge in [0.15, 0.2) is 0 Å². The van der Waals surface area contributed by atoms with Crippen LogP contribution in [0.5, 0.6) is 0 Å². The Kier molecular flexibility index (Phi) is 6.40. The highest BCUT2D eigenvalue weighted by Crippen LogP contribution is 2.29. The van der Waals surface area contributed by atoms with E-state index in [0.717, 1.165) is 16.1 Å². The third-order valence-corrected chi connectivity index (χ3v) is 5.21. The number of rotatable bonds is 7. The zero-order valence-electron chi connectivity index (χ0n) is 14.7. The van der Waals surface area contributed by atoms with Gasteiger partial charge in [0.25, 0.3) is 5.69 Å². The smallest absolute Gasteiger partial charge is 0.274 e. The average Bonchev–Trinajstić information content (AvgIpc) is 2.58. The van der Waals surface area contributed by atoms with E-state index in [9.17, 15) is 23.3 Å². The number of hydrogen-bond acceptors (Lipinski definition) is 5. The minimum Gasteiger partial charge on any atom is -0.350 e. The molecule has 0 heterocycles. The van der Waals surface area contributed by atoms with Gasteiger partial charge in [0, 0.05) is 17.6 Å². The first-order valence-electron chi connectivity index (χ1n) is 7.82. The first-order chi connectivity index (χ1) is 12.6. The lowest BCUT2D eigenvalue weighted by Gasteiger charge is -2.23. The Morgan fingerprint density at radius 3 is 2.41 bits per heavy atom. The zero-order valence-corrected chi connectivity index (χ0v) is 16.2. The number of carbonyl (C=O) groups excluding carboxylic acids is 1. The van der Waals surface area contributed by atoms with Gasteiger partial charge in [0.1, 0.15) is 6.54 Å². The lowest BCUT2D eigenvalue weighted by Crippen LogP contribution is -2.40. The van der Waals surface area contributed by atoms with Crippen LogP contribution in [-0.2, 0) is 21.4 Å². The fourth-order valence-electron chi connectivity index (χ4n) is 2.45. The highest BCUT2D eigenvalue weighted by atomic mass is 35.5. The molecule has 27 heavy (non-hydrogen) atoms. The number of sulfonamides is 1. The van der Waals surface area contributed by atoms with Crippen LogP contribution >= 0.6 is 11.6 Å². The van der Waals surface area contributed by atoms with E-state index in [1.807, 2.05) is 0 Å². The summed E-state index contributed by atoms with van der Waals surface area (Å²) in [7, 11) is -3.83. The van der Waals surface area contributed by atoms with Gasteiger partial charge in [-0.2, -0.15) is 0 Å². The van der Waals surface area contributed by atoms with Crippen molar-refractivity contribution in [1.29, 1.82) is 0 Å². The van der Waals surface area contributed by atoms with Gasteiger partial charge in [-0.1, -0.05) is 29.8 Å². The minimum absolute atomic E-state index is 0.0911. The standard InChI is InChI=1S/C17H18ClN3O5S/c1-12-15(4-3-5-16(12)21(23)24)20(27(2,25)26)11-17(22)19-10-13-6-8-14(18)9-7-13/h3-9H,10-11H2,1-2H3,(H,19,22). The van der Waals surface area contributed by atoms with Crippen LogP contribution < -0.4 is 9.62 Å². The number of nitrogens with zero attached hydrogens (tertiary/aromatic N) is 2. The third kappa shape index (κ3) is 5.41. The molecule has 10 heteroatoms. The maximum Gasteiger partial charge on any atom is 0.274 e. The van der Waals surface area contributed by atoms with Gasteiger partial charge >= 0.3 is 0 Å². The van der Waals surface area contributed by atoms with Gasteiger partial charge in [-0.25, -0.2) is 8.42 Å². The van der Waals surface area contributed by atoms with Gasteiger partial charge in [0.2, 0.25) is 15.9 Å². The highest BCUT2D eigenvalue weighted by molar-refractivity contribution is 7.92. The second-order valence-corrected chi connectivity index (χ2v) is 8.19. The molecule has 0 saturated heterocycles. The summed E-state index contributed by atoms with van der Waals surface area (Å²) in [5.74, 6) is -0.540. The van der Waals surface area contributed by atoms with Crippen LogP contribution in [0.25, 0.3) is 0 Å². The first kappa shape index (κ1) is 20.7. The summed E-state index contributed by atoms with van der Waals surface area (Å²) in [5.41, 5.74) is 0.833. The Bertz CT molecular complexity index is 961. The first-order valence-corrected chi connectivity index (χ1v) is 10.0. The van der Waals surface area contributed by atoms with Gasteiger partial charge in [0.05, 0.1) is 22.4 Å². The van der Waals surface area contributed by atoms with Crippen LogP contribution in [0.2, 0.25) is 5.02 Å². The SMILES string of the molecule is Cc1c(N(CC(=O)NCc2ccc(Cl)cc2)S(C)(=O)=O)cccc1[N+](=O)[O-]. The lowest BCUT2D eigenvalue weighted by atomic mass is 10.1. The average molecular weight is 412 g/mol. The fraction of sp³-hybridized carbons (Fsp3) is 0.235. The summed E-state index contributed by atoms with van der Waals surface area (Å²) >= 11 is 5.80. The molecular formula is C17H18ClN3O5S. The molecule has 0 spiro atoms. The van der Waals surface area contributed by atoms with Gasteiger partial charge in [-0.3, -0.25) is 19.2 Å². The van der Waals surface area contributed by atoms with Gasteiger partial charge < -0.3 is 5.32 Å². The van der Waals surface area contributed by atoms with Gasteiger partial charge in [-0.15, -0.1) is 0 Å². The van der Waals surface area contributed by atoms with E-state index in [4.69, 9.17) is 11.6 Å². The third-order valence-electron chi connectivity index (χ3n) is 3.83. The highest BCUT2D eigenvalue weighted by Gasteiger charge is 2.25. The molecule has 0 atom stereocenters. The fourth-order valence-corrected chi connectivity index (χ4v) is 3.48. The van der Waals surface area contributed by atoms with Crippen molar-refractivity contribution >= 4 is 38.9 Å². The maximum absolute atomic E-state index is 12.3. The number of nitro benzene ring substituents is 1. The Balaban J connectivity index is 2.20. The van der Waals surface area contributed by atoms with Crippen LogP contribution in [0, 0.1) is 17.0 Å². The molecule has 0 aliphatic heterocycles. The van der Waals surface area contributed by atoms with Crippen LogP contribution in [-0.4, -0.2) is 32.0 Å².